The summed E-state index contributed by atoms with van der Waals surface area (Å²) in [6.45, 7) is 2.79. The molecule has 160 valence electrons. The van der Waals surface area contributed by atoms with E-state index in [1.54, 1.807) is 0 Å². The summed E-state index contributed by atoms with van der Waals surface area (Å²) in [5.74, 6) is 1.14. The number of ether oxygens (including phenoxy) is 1. The summed E-state index contributed by atoms with van der Waals surface area (Å²) in [5, 5.41) is 6.46. The molecular formula is C28H26N2O2. The molecule has 4 nitrogen and oxygen atoms in total. The van der Waals surface area contributed by atoms with Crippen molar-refractivity contribution in [3.05, 3.63) is 120 Å². The molecule has 2 N–H and O–H groups in total. The Balaban J connectivity index is 1.46. The van der Waals surface area contributed by atoms with Crippen molar-refractivity contribution in [2.24, 2.45) is 0 Å². The summed E-state index contributed by atoms with van der Waals surface area (Å²) in [4.78, 5) is 13.0. The Morgan fingerprint density at radius 3 is 2.31 bits per heavy atom. The molecule has 0 spiro atoms. The fourth-order valence-electron chi connectivity index (χ4n) is 3.49. The van der Waals surface area contributed by atoms with Crippen molar-refractivity contribution in [2.45, 2.75) is 19.9 Å². The summed E-state index contributed by atoms with van der Waals surface area (Å²) in [6, 6.07) is 32.9. The van der Waals surface area contributed by atoms with Crippen molar-refractivity contribution >= 4 is 17.3 Å². The molecule has 0 aliphatic heterocycles. The number of hydrogen-bond acceptors (Lipinski definition) is 3. The number of benzene rings is 4. The van der Waals surface area contributed by atoms with Crippen LogP contribution >= 0.6 is 0 Å². The van der Waals surface area contributed by atoms with Crippen molar-refractivity contribution in [3.8, 4) is 11.5 Å². The summed E-state index contributed by atoms with van der Waals surface area (Å²) in [7, 11) is 0. The van der Waals surface area contributed by atoms with Gasteiger partial charge < -0.3 is 15.4 Å². The summed E-state index contributed by atoms with van der Waals surface area (Å²) < 4.78 is 5.95. The molecule has 0 fully saturated rings. The predicted octanol–water partition coefficient (Wildman–Crippen LogP) is 6.91. The van der Waals surface area contributed by atoms with Crippen LogP contribution in [-0.4, -0.2) is 5.91 Å². The highest BCUT2D eigenvalue weighted by Gasteiger charge is 2.11. The standard InChI is InChI=1S/C28H26N2O2/c1-2-22-12-6-7-16-25(22)29-20-21-11-10-13-23(19-21)28(31)30-26-17-8-9-18-27(26)32-24-14-4-3-5-15-24/h3-19,29H,2,20H2,1H3,(H,30,31). The molecule has 4 rings (SSSR count). The second-order valence-corrected chi connectivity index (χ2v) is 7.43. The van der Waals surface area contributed by atoms with E-state index in [4.69, 9.17) is 4.74 Å². The van der Waals surface area contributed by atoms with Crippen molar-refractivity contribution in [1.29, 1.82) is 0 Å². The number of aryl methyl sites for hydroxylation is 1. The molecule has 32 heavy (non-hydrogen) atoms. The Kier molecular flexibility index (Phi) is 6.83. The van der Waals surface area contributed by atoms with E-state index in [0.29, 0.717) is 23.5 Å². The molecule has 0 aliphatic rings. The van der Waals surface area contributed by atoms with E-state index >= 15 is 0 Å². The van der Waals surface area contributed by atoms with Gasteiger partial charge in [-0.2, -0.15) is 0 Å². The molecule has 0 saturated heterocycles. The molecule has 4 aromatic carbocycles. The molecule has 0 bridgehead atoms. The SMILES string of the molecule is CCc1ccccc1NCc1cccc(C(=O)Nc2ccccc2Oc2ccccc2)c1. The maximum atomic E-state index is 13.0. The zero-order chi connectivity index (χ0) is 22.2. The Hall–Kier alpha value is -4.05. The predicted molar refractivity (Wildman–Crippen MR) is 130 cm³/mol. The molecule has 0 atom stereocenters. The van der Waals surface area contributed by atoms with Gasteiger partial charge in [-0.15, -0.1) is 0 Å². The highest BCUT2D eigenvalue weighted by atomic mass is 16.5. The minimum absolute atomic E-state index is 0.176. The van der Waals surface area contributed by atoms with Crippen LogP contribution in [0.15, 0.2) is 103 Å². The second-order valence-electron chi connectivity index (χ2n) is 7.43. The molecule has 0 heterocycles. The zero-order valence-electron chi connectivity index (χ0n) is 18.0. The lowest BCUT2D eigenvalue weighted by Crippen LogP contribution is -2.13. The van der Waals surface area contributed by atoms with Gasteiger partial charge in [0.2, 0.25) is 0 Å². The molecule has 1 amide bonds. The van der Waals surface area contributed by atoms with Crippen LogP contribution in [0.5, 0.6) is 11.5 Å². The van der Waals surface area contributed by atoms with Gasteiger partial charge in [0.05, 0.1) is 5.69 Å². The fraction of sp³-hybridized carbons (Fsp3) is 0.107. The number of carbonyl (C=O) groups excluding carboxylic acids is 1. The van der Waals surface area contributed by atoms with E-state index in [9.17, 15) is 4.79 Å². The first kappa shape index (κ1) is 21.2. The summed E-state index contributed by atoms with van der Waals surface area (Å²) in [6.07, 6.45) is 0.968. The lowest BCUT2D eigenvalue weighted by Gasteiger charge is -2.13. The van der Waals surface area contributed by atoms with Crippen molar-refractivity contribution in [1.82, 2.24) is 0 Å². The van der Waals surface area contributed by atoms with Crippen LogP contribution < -0.4 is 15.4 Å². The van der Waals surface area contributed by atoms with E-state index in [1.165, 1.54) is 5.56 Å². The molecular weight excluding hydrogens is 396 g/mol. The highest BCUT2D eigenvalue weighted by molar-refractivity contribution is 6.05. The lowest BCUT2D eigenvalue weighted by atomic mass is 10.1. The van der Waals surface area contributed by atoms with Crippen LogP contribution in [0.3, 0.4) is 0 Å². The van der Waals surface area contributed by atoms with Crippen molar-refractivity contribution < 1.29 is 9.53 Å². The molecule has 4 heteroatoms. The topological polar surface area (TPSA) is 50.4 Å². The molecule has 0 aliphatic carbocycles. The minimum atomic E-state index is -0.176. The van der Waals surface area contributed by atoms with Crippen molar-refractivity contribution in [2.75, 3.05) is 10.6 Å². The molecule has 0 saturated carbocycles. The van der Waals surface area contributed by atoms with Gasteiger partial charge in [0.1, 0.15) is 5.75 Å². The molecule has 0 unspecified atom stereocenters. The Morgan fingerprint density at radius 1 is 0.781 bits per heavy atom. The zero-order valence-corrected chi connectivity index (χ0v) is 18.0. The second kappa shape index (κ2) is 10.3. The van der Waals surface area contributed by atoms with Gasteiger partial charge in [-0.1, -0.05) is 67.6 Å². The third-order valence-corrected chi connectivity index (χ3v) is 5.18. The molecule has 4 aromatic rings. The summed E-state index contributed by atoms with van der Waals surface area (Å²) in [5.41, 5.74) is 4.66. The van der Waals surface area contributed by atoms with Crippen LogP contribution in [0.25, 0.3) is 0 Å². The third kappa shape index (κ3) is 5.35. The monoisotopic (exact) mass is 422 g/mol. The van der Waals surface area contributed by atoms with Gasteiger partial charge >= 0.3 is 0 Å². The number of anilines is 2. The van der Waals surface area contributed by atoms with Crippen LogP contribution in [0.4, 0.5) is 11.4 Å². The van der Waals surface area contributed by atoms with Crippen molar-refractivity contribution in [3.63, 3.8) is 0 Å². The molecule has 0 radical (unpaired) electrons. The van der Waals surface area contributed by atoms with E-state index in [2.05, 4.69) is 29.7 Å². The Labute approximate surface area is 188 Å². The van der Waals surface area contributed by atoms with Gasteiger partial charge in [0.25, 0.3) is 5.91 Å². The fourth-order valence-corrected chi connectivity index (χ4v) is 3.49. The number of carbonyl (C=O) groups is 1. The van der Waals surface area contributed by atoms with E-state index < -0.39 is 0 Å². The van der Waals surface area contributed by atoms with E-state index in [0.717, 1.165) is 23.4 Å². The number of para-hydroxylation sites is 4. The smallest absolute Gasteiger partial charge is 0.255 e. The first-order valence-electron chi connectivity index (χ1n) is 10.8. The average Bonchev–Trinajstić information content (AvgIpc) is 2.85. The first-order valence-corrected chi connectivity index (χ1v) is 10.8. The van der Waals surface area contributed by atoms with Gasteiger partial charge in [-0.3, -0.25) is 4.79 Å². The highest BCUT2D eigenvalue weighted by Crippen LogP contribution is 2.29. The maximum Gasteiger partial charge on any atom is 0.255 e. The average molecular weight is 423 g/mol. The Morgan fingerprint density at radius 2 is 1.50 bits per heavy atom. The quantitative estimate of drug-likeness (QED) is 0.324. The van der Waals surface area contributed by atoms with Crippen LogP contribution in [-0.2, 0) is 13.0 Å². The van der Waals surface area contributed by atoms with E-state index in [1.807, 2.05) is 91.0 Å². The largest absolute Gasteiger partial charge is 0.455 e. The Bertz CT molecular complexity index is 1190. The maximum absolute atomic E-state index is 13.0. The molecule has 0 aromatic heterocycles. The van der Waals surface area contributed by atoms with Crippen LogP contribution in [0.1, 0.15) is 28.4 Å². The minimum Gasteiger partial charge on any atom is -0.455 e. The number of rotatable bonds is 8. The van der Waals surface area contributed by atoms with Crippen LogP contribution in [0.2, 0.25) is 0 Å². The lowest BCUT2D eigenvalue weighted by molar-refractivity contribution is 0.102. The van der Waals surface area contributed by atoms with E-state index in [-0.39, 0.29) is 5.91 Å². The van der Waals surface area contributed by atoms with Gasteiger partial charge in [0, 0.05) is 17.8 Å². The van der Waals surface area contributed by atoms with Gasteiger partial charge in [-0.25, -0.2) is 0 Å². The number of nitrogens with one attached hydrogen (secondary N) is 2. The van der Waals surface area contributed by atoms with Gasteiger partial charge in [-0.05, 0) is 60.0 Å². The van der Waals surface area contributed by atoms with Crippen LogP contribution in [0, 0.1) is 0 Å². The number of amides is 1. The summed E-state index contributed by atoms with van der Waals surface area (Å²) >= 11 is 0. The normalized spacial score (nSPS) is 10.4. The first-order chi connectivity index (χ1) is 15.7. The van der Waals surface area contributed by atoms with Gasteiger partial charge in [0.15, 0.2) is 5.75 Å². The third-order valence-electron chi connectivity index (χ3n) is 5.18. The number of hydrogen-bond donors (Lipinski definition) is 2.